The Kier molecular flexibility index (Phi) is 4.07. The Bertz CT molecular complexity index is 1100. The molecule has 0 radical (unpaired) electrons. The van der Waals surface area contributed by atoms with E-state index >= 15 is 0 Å². The number of fused-ring (bicyclic) bond motifs is 1. The summed E-state index contributed by atoms with van der Waals surface area (Å²) in [6.07, 6.45) is 2.02. The molecule has 3 aromatic heterocycles. The minimum atomic E-state index is -3.04. The van der Waals surface area contributed by atoms with Gasteiger partial charge in [-0.2, -0.15) is 0 Å². The standard InChI is InChI=1S/C17H17N3O4S2/c1-9-13-10(2)18-15(12-4-3-6-24-12)20-17(13)25-14(9)16(21)19-11-5-7-26(22,23)8-11/h3-4,6,11H,5,7-8H2,1-2H3,(H,19,21)/t11-/m0/s1. The molecule has 0 saturated carbocycles. The van der Waals surface area contributed by atoms with Gasteiger partial charge in [-0.15, -0.1) is 11.3 Å². The van der Waals surface area contributed by atoms with Gasteiger partial charge in [0, 0.05) is 11.4 Å². The van der Waals surface area contributed by atoms with Crippen LogP contribution in [0.3, 0.4) is 0 Å². The summed E-state index contributed by atoms with van der Waals surface area (Å²) in [6, 6.07) is 3.23. The number of hydrogen-bond acceptors (Lipinski definition) is 7. The Morgan fingerprint density at radius 2 is 2.15 bits per heavy atom. The van der Waals surface area contributed by atoms with Crippen molar-refractivity contribution < 1.29 is 17.6 Å². The van der Waals surface area contributed by atoms with Crippen LogP contribution < -0.4 is 5.32 Å². The van der Waals surface area contributed by atoms with E-state index in [4.69, 9.17) is 4.42 Å². The molecule has 1 aliphatic rings. The minimum Gasteiger partial charge on any atom is -0.461 e. The number of nitrogens with zero attached hydrogens (tertiary/aromatic N) is 2. The second-order valence-corrected chi connectivity index (χ2v) is 9.65. The van der Waals surface area contributed by atoms with Crippen LogP contribution in [-0.4, -0.2) is 41.8 Å². The van der Waals surface area contributed by atoms with Gasteiger partial charge in [-0.25, -0.2) is 18.4 Å². The molecule has 1 fully saturated rings. The lowest BCUT2D eigenvalue weighted by molar-refractivity contribution is 0.0945. The highest BCUT2D eigenvalue weighted by Gasteiger charge is 2.30. The first-order valence-corrected chi connectivity index (χ1v) is 10.8. The summed E-state index contributed by atoms with van der Waals surface area (Å²) in [4.78, 5) is 22.9. The average molecular weight is 391 g/mol. The molecule has 0 bridgehead atoms. The molecule has 3 aromatic rings. The predicted molar refractivity (Wildman–Crippen MR) is 99.1 cm³/mol. The number of thiophene rings is 1. The molecule has 7 nitrogen and oxygen atoms in total. The quantitative estimate of drug-likeness (QED) is 0.736. The van der Waals surface area contributed by atoms with Crippen LogP contribution in [0.15, 0.2) is 22.8 Å². The maximum Gasteiger partial charge on any atom is 0.261 e. The number of sulfone groups is 1. The Morgan fingerprint density at radius 3 is 2.81 bits per heavy atom. The third kappa shape index (κ3) is 3.01. The summed E-state index contributed by atoms with van der Waals surface area (Å²) < 4.78 is 28.5. The van der Waals surface area contributed by atoms with Crippen molar-refractivity contribution in [3.05, 3.63) is 34.5 Å². The highest BCUT2D eigenvalue weighted by atomic mass is 32.2. The zero-order valence-corrected chi connectivity index (χ0v) is 15.9. The van der Waals surface area contributed by atoms with Crippen LogP contribution in [0, 0.1) is 13.8 Å². The van der Waals surface area contributed by atoms with Gasteiger partial charge in [0.2, 0.25) is 0 Å². The second kappa shape index (κ2) is 6.17. The van der Waals surface area contributed by atoms with E-state index in [0.29, 0.717) is 27.7 Å². The summed E-state index contributed by atoms with van der Waals surface area (Å²) in [7, 11) is -3.04. The van der Waals surface area contributed by atoms with Gasteiger partial charge < -0.3 is 9.73 Å². The van der Waals surface area contributed by atoms with E-state index in [0.717, 1.165) is 16.6 Å². The van der Waals surface area contributed by atoms with Crippen molar-refractivity contribution in [3.63, 3.8) is 0 Å². The number of aryl methyl sites for hydroxylation is 2. The number of carbonyl (C=O) groups is 1. The SMILES string of the molecule is Cc1nc(-c2ccco2)nc2sc(C(=O)N[C@H]3CCS(=O)(=O)C3)c(C)c12. The molecule has 4 rings (SSSR count). The van der Waals surface area contributed by atoms with Gasteiger partial charge in [0.25, 0.3) is 5.91 Å². The van der Waals surface area contributed by atoms with Crippen molar-refractivity contribution in [1.82, 2.24) is 15.3 Å². The van der Waals surface area contributed by atoms with Crippen LogP contribution in [0.5, 0.6) is 0 Å². The molecule has 1 amide bonds. The molecular formula is C17H17N3O4S2. The summed E-state index contributed by atoms with van der Waals surface area (Å²) in [5.41, 5.74) is 1.59. The Morgan fingerprint density at radius 1 is 1.35 bits per heavy atom. The number of furan rings is 1. The zero-order chi connectivity index (χ0) is 18.5. The summed E-state index contributed by atoms with van der Waals surface area (Å²) in [6.45, 7) is 3.74. The van der Waals surface area contributed by atoms with Crippen molar-refractivity contribution in [1.29, 1.82) is 0 Å². The van der Waals surface area contributed by atoms with Crippen LogP contribution in [0.2, 0.25) is 0 Å². The summed E-state index contributed by atoms with van der Waals surface area (Å²) in [5.74, 6) is 0.926. The topological polar surface area (TPSA) is 102 Å². The molecule has 1 N–H and O–H groups in total. The third-order valence-electron chi connectivity index (χ3n) is 4.49. The van der Waals surface area contributed by atoms with Crippen LogP contribution in [0.4, 0.5) is 0 Å². The van der Waals surface area contributed by atoms with Crippen molar-refractivity contribution in [3.8, 4) is 11.6 Å². The molecule has 4 heterocycles. The van der Waals surface area contributed by atoms with Gasteiger partial charge in [-0.1, -0.05) is 0 Å². The fraction of sp³-hybridized carbons (Fsp3) is 0.353. The van der Waals surface area contributed by atoms with Gasteiger partial charge >= 0.3 is 0 Å². The number of amides is 1. The van der Waals surface area contributed by atoms with Crippen LogP contribution in [0.1, 0.15) is 27.3 Å². The van der Waals surface area contributed by atoms with Gasteiger partial charge in [0.1, 0.15) is 4.83 Å². The Labute approximate surface area is 154 Å². The molecule has 1 aliphatic heterocycles. The molecule has 9 heteroatoms. The summed E-state index contributed by atoms with van der Waals surface area (Å²) >= 11 is 1.29. The van der Waals surface area contributed by atoms with E-state index in [1.54, 1.807) is 18.4 Å². The van der Waals surface area contributed by atoms with Gasteiger partial charge in [0.05, 0.1) is 28.3 Å². The fourth-order valence-corrected chi connectivity index (χ4v) is 6.04. The molecule has 136 valence electrons. The highest BCUT2D eigenvalue weighted by Crippen LogP contribution is 2.33. The smallest absolute Gasteiger partial charge is 0.261 e. The third-order valence-corrected chi connectivity index (χ3v) is 7.44. The van der Waals surface area contributed by atoms with Crippen molar-refractivity contribution in [2.45, 2.75) is 26.3 Å². The van der Waals surface area contributed by atoms with Gasteiger partial charge in [0.15, 0.2) is 21.4 Å². The maximum absolute atomic E-state index is 12.7. The molecular weight excluding hydrogens is 374 g/mol. The number of hydrogen-bond donors (Lipinski definition) is 1. The van der Waals surface area contributed by atoms with Crippen molar-refractivity contribution >= 4 is 37.3 Å². The Balaban J connectivity index is 1.69. The first-order valence-electron chi connectivity index (χ1n) is 8.17. The molecule has 0 spiro atoms. The molecule has 1 saturated heterocycles. The van der Waals surface area contributed by atoms with E-state index in [1.807, 2.05) is 13.8 Å². The average Bonchev–Trinajstić information content (AvgIpc) is 3.27. The fourth-order valence-electron chi connectivity index (χ4n) is 3.23. The van der Waals surface area contributed by atoms with E-state index in [2.05, 4.69) is 15.3 Å². The minimum absolute atomic E-state index is 0.00412. The molecule has 26 heavy (non-hydrogen) atoms. The normalized spacial score (nSPS) is 19.1. The van der Waals surface area contributed by atoms with Crippen LogP contribution in [0.25, 0.3) is 21.8 Å². The monoisotopic (exact) mass is 391 g/mol. The maximum atomic E-state index is 12.7. The van der Waals surface area contributed by atoms with E-state index in [9.17, 15) is 13.2 Å². The van der Waals surface area contributed by atoms with Crippen molar-refractivity contribution in [2.75, 3.05) is 11.5 Å². The van der Waals surface area contributed by atoms with Gasteiger partial charge in [-0.3, -0.25) is 4.79 Å². The van der Waals surface area contributed by atoms with E-state index < -0.39 is 9.84 Å². The first-order chi connectivity index (χ1) is 12.3. The van der Waals surface area contributed by atoms with Gasteiger partial charge in [-0.05, 0) is 38.0 Å². The summed E-state index contributed by atoms with van der Waals surface area (Å²) in [5, 5.41) is 3.70. The molecule has 1 atom stereocenters. The second-order valence-electron chi connectivity index (χ2n) is 6.42. The lowest BCUT2D eigenvalue weighted by Crippen LogP contribution is -2.35. The number of nitrogens with one attached hydrogen (secondary N) is 1. The molecule has 0 aliphatic carbocycles. The first kappa shape index (κ1) is 17.2. The highest BCUT2D eigenvalue weighted by molar-refractivity contribution is 7.91. The largest absolute Gasteiger partial charge is 0.461 e. The number of carbonyl (C=O) groups excluding carboxylic acids is 1. The van der Waals surface area contributed by atoms with Crippen LogP contribution >= 0.6 is 11.3 Å². The van der Waals surface area contributed by atoms with Crippen LogP contribution in [-0.2, 0) is 9.84 Å². The van der Waals surface area contributed by atoms with E-state index in [1.165, 1.54) is 11.3 Å². The number of aromatic nitrogens is 2. The predicted octanol–water partition coefficient (Wildman–Crippen LogP) is 2.49. The molecule has 0 unspecified atom stereocenters. The lowest BCUT2D eigenvalue weighted by atomic mass is 10.1. The van der Waals surface area contributed by atoms with Crippen molar-refractivity contribution in [2.24, 2.45) is 0 Å². The Hall–Kier alpha value is -2.26. The van der Waals surface area contributed by atoms with E-state index in [-0.39, 0.29) is 23.5 Å². The lowest BCUT2D eigenvalue weighted by Gasteiger charge is -2.10. The zero-order valence-electron chi connectivity index (χ0n) is 14.3. The molecule has 0 aromatic carbocycles. The number of rotatable bonds is 3.